The third kappa shape index (κ3) is 21.1. The van der Waals surface area contributed by atoms with Crippen molar-refractivity contribution in [3.8, 4) is 65.5 Å². The van der Waals surface area contributed by atoms with Gasteiger partial charge in [-0.3, -0.25) is 24.7 Å². The van der Waals surface area contributed by atoms with Gasteiger partial charge in [-0.05, 0) is 152 Å². The standard InChI is InChI=1S/C15H10N.C14H9N2.3C13H9NS.C11H8N.C5H8O2.3Ir/c1-2-7-13(8-3-1)15-14-9-5-4-6-12(14)10-11-16-15;1-2-4-13-11(3-1)7-10-16-14(13)12-5-8-15-9-6-12;3*1-2-5-11-10(4-1)7-8-14-13(11)12-6-3-9-15-12;1-2-6-10(7-3-1)11-8-4-5-9-12-11;1-4(6)3-5(2)7;;;/h1-7,9-11H;1-5,7-10H;3*1-9H;1-6,8-9H;3,6H,1-2H3;;;/q2*-1;;;;-1;;;;. The van der Waals surface area contributed by atoms with Crippen LogP contribution >= 0.6 is 34.0 Å². The van der Waals surface area contributed by atoms with Gasteiger partial charge < -0.3 is 20.1 Å². The first-order chi connectivity index (χ1) is 47.3. The van der Waals surface area contributed by atoms with Crippen LogP contribution in [0.15, 0.2) is 338 Å². The van der Waals surface area contributed by atoms with Crippen LogP contribution in [0.25, 0.3) is 119 Å². The first kappa shape index (κ1) is 74.9. The molecule has 0 atom stereocenters. The van der Waals surface area contributed by atoms with Gasteiger partial charge in [0, 0.05) is 120 Å². The topological polar surface area (TPSA) is 128 Å². The Morgan fingerprint density at radius 1 is 0.333 bits per heavy atom. The number of ketones is 1. The van der Waals surface area contributed by atoms with E-state index in [1.165, 1.54) is 83.0 Å². The van der Waals surface area contributed by atoms with Crippen molar-refractivity contribution in [3.63, 3.8) is 0 Å². The van der Waals surface area contributed by atoms with Gasteiger partial charge in [0.1, 0.15) is 0 Å². The van der Waals surface area contributed by atoms with E-state index in [2.05, 4.69) is 203 Å². The number of aromatic nitrogens is 7. The molecule has 0 aliphatic heterocycles. The number of hydrogen-bond donors (Lipinski definition) is 1. The second-order valence-corrected chi connectivity index (χ2v) is 24.0. The van der Waals surface area contributed by atoms with Crippen LogP contribution in [0.3, 0.4) is 0 Å². The Balaban J connectivity index is 0.000000148. The van der Waals surface area contributed by atoms with Crippen molar-refractivity contribution in [2.45, 2.75) is 13.8 Å². The second kappa shape index (κ2) is 39.5. The Morgan fingerprint density at radius 3 is 0.980 bits per heavy atom. The minimum Gasteiger partial charge on any atom is -0.512 e. The molecule has 0 aliphatic rings. The smallest absolute Gasteiger partial charge is 0.155 e. The van der Waals surface area contributed by atoms with Gasteiger partial charge >= 0.3 is 0 Å². The fraction of sp³-hybridized carbons (Fsp3) is 0.0238. The number of rotatable bonds is 7. The Labute approximate surface area is 628 Å². The monoisotopic (exact) mass is 1880 g/mol. The molecule has 0 saturated carbocycles. The predicted molar refractivity (Wildman–Crippen MR) is 401 cm³/mol. The van der Waals surface area contributed by atoms with E-state index in [1.54, 1.807) is 52.6 Å². The molecule has 0 amide bonds. The number of allylic oxidation sites excluding steroid dienone is 2. The van der Waals surface area contributed by atoms with Gasteiger partial charge in [0.2, 0.25) is 0 Å². The molecule has 0 fully saturated rings. The Kier molecular flexibility index (Phi) is 29.9. The van der Waals surface area contributed by atoms with E-state index in [0.29, 0.717) is 0 Å². The van der Waals surface area contributed by atoms with Crippen LogP contribution in [0.1, 0.15) is 13.8 Å². The largest absolute Gasteiger partial charge is 0.512 e. The molecule has 10 aromatic heterocycles. The molecule has 7 aromatic carbocycles. The van der Waals surface area contributed by atoms with E-state index in [4.69, 9.17) is 5.11 Å². The van der Waals surface area contributed by atoms with E-state index >= 15 is 0 Å². The maximum absolute atomic E-state index is 10.0. The van der Waals surface area contributed by atoms with Crippen LogP contribution in [0.4, 0.5) is 0 Å². The van der Waals surface area contributed by atoms with Crippen LogP contribution in [0, 0.1) is 18.2 Å². The van der Waals surface area contributed by atoms with Crippen LogP contribution in [-0.4, -0.2) is 45.8 Å². The number of carbonyl (C=O) groups excluding carboxylic acids is 1. The van der Waals surface area contributed by atoms with Crippen molar-refractivity contribution in [1.82, 2.24) is 34.9 Å². The maximum Gasteiger partial charge on any atom is 0.155 e. The predicted octanol–water partition coefficient (Wildman–Crippen LogP) is 22.3. The zero-order valence-corrected chi connectivity index (χ0v) is 63.1. The van der Waals surface area contributed by atoms with Crippen molar-refractivity contribution in [2.75, 3.05) is 0 Å². The molecule has 17 rings (SSSR count). The molecule has 15 heteroatoms. The van der Waals surface area contributed by atoms with E-state index < -0.39 is 0 Å². The van der Waals surface area contributed by atoms with Crippen molar-refractivity contribution >= 4 is 93.7 Å². The zero-order valence-electron chi connectivity index (χ0n) is 53.5. The fourth-order valence-electron chi connectivity index (χ4n) is 10.2. The first-order valence-electron chi connectivity index (χ1n) is 30.7. The number of pyridine rings is 7. The van der Waals surface area contributed by atoms with Crippen molar-refractivity contribution in [3.05, 3.63) is 357 Å². The summed E-state index contributed by atoms with van der Waals surface area (Å²) in [5, 5.41) is 26.7. The molecule has 0 spiro atoms. The second-order valence-electron chi connectivity index (χ2n) is 21.2. The van der Waals surface area contributed by atoms with Gasteiger partial charge in [-0.1, -0.05) is 152 Å². The summed E-state index contributed by atoms with van der Waals surface area (Å²) in [5.74, 6) is -0.0625. The normalized spacial score (nSPS) is 10.2. The number of aliphatic hydroxyl groups is 1. The average molecular weight is 1870 g/mol. The molecule has 9 nitrogen and oxygen atoms in total. The quantitative estimate of drug-likeness (QED) is 0.0942. The molecule has 0 saturated heterocycles. The number of aliphatic hydroxyl groups excluding tert-OH is 1. The fourth-order valence-corrected chi connectivity index (χ4v) is 12.4. The van der Waals surface area contributed by atoms with E-state index in [-0.39, 0.29) is 71.9 Å². The molecular weight excluding hydrogens is 1810 g/mol. The Hall–Kier alpha value is -9.85. The summed E-state index contributed by atoms with van der Waals surface area (Å²) in [4.78, 5) is 44.1. The maximum atomic E-state index is 10.0. The van der Waals surface area contributed by atoms with Gasteiger partial charge in [0.25, 0.3) is 0 Å². The number of fused-ring (bicyclic) bond motifs is 5. The number of thiophene rings is 3. The van der Waals surface area contributed by atoms with Gasteiger partial charge in [-0.2, -0.15) is 11.6 Å². The summed E-state index contributed by atoms with van der Waals surface area (Å²) in [6.45, 7) is 2.85. The molecule has 99 heavy (non-hydrogen) atoms. The third-order valence-electron chi connectivity index (χ3n) is 14.5. The molecule has 10 heterocycles. The van der Waals surface area contributed by atoms with Crippen molar-refractivity contribution in [2.24, 2.45) is 0 Å². The van der Waals surface area contributed by atoms with E-state index in [1.807, 2.05) is 158 Å². The molecule has 17 aromatic rings. The number of nitrogens with zero attached hydrogens (tertiary/aromatic N) is 7. The summed E-state index contributed by atoms with van der Waals surface area (Å²) in [6, 6.07) is 97.2. The van der Waals surface area contributed by atoms with Crippen LogP contribution in [-0.2, 0) is 65.1 Å². The number of hydrogen-bond acceptors (Lipinski definition) is 12. The SMILES string of the molecule is CC(=O)C=C(C)O.[Ir].[Ir].[Ir].[c-]1ccccc1-c1ccccn1.[c-]1ccccc1-c1nccc2ccccc12.[c-]1cnccc1-c1nccc2ccccc12.c1csc(-c2nccc3ccccc23)c1.c1csc(-c2nccc3ccccc23)c1.c1csc(-c2nccc3ccccc23)c1. The minimum atomic E-state index is -0.125. The van der Waals surface area contributed by atoms with Crippen molar-refractivity contribution < 1.29 is 70.2 Å². The Bertz CT molecular complexity index is 4810. The van der Waals surface area contributed by atoms with Crippen LogP contribution in [0.5, 0.6) is 0 Å². The van der Waals surface area contributed by atoms with Gasteiger partial charge in [0.05, 0.1) is 37.5 Å². The Morgan fingerprint density at radius 2 is 0.677 bits per heavy atom. The average Bonchev–Trinajstić information content (AvgIpc) is 1.21. The summed E-state index contributed by atoms with van der Waals surface area (Å²) >= 11 is 5.19. The molecular formula is C84H62Ir3N7O2S3-3. The summed E-state index contributed by atoms with van der Waals surface area (Å²) in [7, 11) is 0. The number of benzene rings is 7. The summed E-state index contributed by atoms with van der Waals surface area (Å²) < 4.78 is 0. The van der Waals surface area contributed by atoms with Gasteiger partial charge in [-0.15, -0.1) is 112 Å². The molecule has 3 radical (unpaired) electrons. The van der Waals surface area contributed by atoms with Crippen LogP contribution in [0.2, 0.25) is 0 Å². The van der Waals surface area contributed by atoms with Gasteiger partial charge in [-0.25, -0.2) is 0 Å². The minimum absolute atomic E-state index is 0. The molecule has 1 N–H and O–H groups in total. The third-order valence-corrected chi connectivity index (χ3v) is 17.2. The van der Waals surface area contributed by atoms with E-state index in [0.717, 1.165) is 56.2 Å². The molecule has 0 bridgehead atoms. The number of carbonyl (C=O) groups is 1. The zero-order chi connectivity index (χ0) is 65.9. The van der Waals surface area contributed by atoms with E-state index in [9.17, 15) is 4.79 Å². The van der Waals surface area contributed by atoms with Crippen molar-refractivity contribution in [1.29, 1.82) is 0 Å². The van der Waals surface area contributed by atoms with Crippen LogP contribution < -0.4 is 0 Å². The molecule has 0 unspecified atom stereocenters. The molecule has 0 aliphatic carbocycles. The summed E-state index contributed by atoms with van der Waals surface area (Å²) in [5.41, 5.74) is 9.25. The molecule has 493 valence electrons. The van der Waals surface area contributed by atoms with Gasteiger partial charge in [0.15, 0.2) is 5.78 Å². The first-order valence-corrected chi connectivity index (χ1v) is 33.3. The summed E-state index contributed by atoms with van der Waals surface area (Å²) in [6.07, 6.45) is 15.7.